The van der Waals surface area contributed by atoms with E-state index in [0.29, 0.717) is 17.7 Å². The third-order valence-corrected chi connectivity index (χ3v) is 5.42. The molecule has 3 heterocycles. The van der Waals surface area contributed by atoms with Crippen molar-refractivity contribution >= 4 is 28.8 Å². The molecule has 0 saturated carbocycles. The molecule has 0 aliphatic carbocycles. The zero-order valence-electron chi connectivity index (χ0n) is 16.5. The predicted octanol–water partition coefficient (Wildman–Crippen LogP) is 3.74. The average molecular weight is 405 g/mol. The molecular formula is C22H24FN7. The van der Waals surface area contributed by atoms with Crippen LogP contribution >= 0.6 is 0 Å². The Morgan fingerprint density at radius 3 is 2.53 bits per heavy atom. The Morgan fingerprint density at radius 2 is 1.73 bits per heavy atom. The van der Waals surface area contributed by atoms with Crippen LogP contribution in [-0.2, 0) is 0 Å². The molecule has 4 N–H and O–H groups in total. The molecule has 0 amide bonds. The van der Waals surface area contributed by atoms with E-state index in [4.69, 9.17) is 4.98 Å². The van der Waals surface area contributed by atoms with Gasteiger partial charge in [-0.1, -0.05) is 30.3 Å². The summed E-state index contributed by atoms with van der Waals surface area (Å²) in [5.41, 5.74) is 2.16. The van der Waals surface area contributed by atoms with Gasteiger partial charge in [0.05, 0.1) is 17.6 Å². The molecule has 0 radical (unpaired) electrons. The Bertz CT molecular complexity index is 1010. The zero-order valence-corrected chi connectivity index (χ0v) is 16.5. The van der Waals surface area contributed by atoms with Crippen LogP contribution in [0.3, 0.4) is 0 Å². The summed E-state index contributed by atoms with van der Waals surface area (Å²) in [4.78, 5) is 11.3. The lowest BCUT2D eigenvalue weighted by Crippen LogP contribution is -2.39. The number of halogens is 1. The topological polar surface area (TPSA) is 77.1 Å². The maximum absolute atomic E-state index is 14.3. The van der Waals surface area contributed by atoms with Crippen LogP contribution in [0.5, 0.6) is 0 Å². The highest BCUT2D eigenvalue weighted by atomic mass is 19.1. The molecule has 3 aromatic rings. The van der Waals surface area contributed by atoms with Crippen LogP contribution in [-0.4, -0.2) is 35.4 Å². The van der Waals surface area contributed by atoms with Crippen LogP contribution in [0.15, 0.2) is 60.8 Å². The normalized spacial score (nSPS) is 18.6. The summed E-state index contributed by atoms with van der Waals surface area (Å²) in [5, 5.41) is 13.4. The largest absolute Gasteiger partial charge is 0.351 e. The van der Waals surface area contributed by atoms with Crippen molar-refractivity contribution < 1.29 is 4.39 Å². The second-order valence-corrected chi connectivity index (χ2v) is 7.48. The van der Waals surface area contributed by atoms with E-state index in [9.17, 15) is 4.39 Å². The lowest BCUT2D eigenvalue weighted by atomic mass is 10.1. The summed E-state index contributed by atoms with van der Waals surface area (Å²) < 4.78 is 14.3. The van der Waals surface area contributed by atoms with Crippen molar-refractivity contribution in [1.82, 2.24) is 15.3 Å². The molecule has 30 heavy (non-hydrogen) atoms. The number of hydrogen-bond donors (Lipinski definition) is 4. The molecule has 7 nitrogen and oxygen atoms in total. The second kappa shape index (κ2) is 8.16. The first-order valence-corrected chi connectivity index (χ1v) is 10.2. The van der Waals surface area contributed by atoms with E-state index in [1.165, 1.54) is 6.07 Å². The van der Waals surface area contributed by atoms with Crippen LogP contribution in [0.2, 0.25) is 0 Å². The van der Waals surface area contributed by atoms with Crippen molar-refractivity contribution in [3.05, 3.63) is 66.6 Å². The highest BCUT2D eigenvalue weighted by molar-refractivity contribution is 5.80. The Hall–Kier alpha value is -3.39. The first kappa shape index (κ1) is 18.6. The fourth-order valence-electron chi connectivity index (χ4n) is 3.90. The highest BCUT2D eigenvalue weighted by Gasteiger charge is 2.32. The Morgan fingerprint density at radius 1 is 0.967 bits per heavy atom. The summed E-state index contributed by atoms with van der Waals surface area (Å²) in [7, 11) is 0. The van der Waals surface area contributed by atoms with Crippen molar-refractivity contribution in [3.8, 4) is 0 Å². The van der Waals surface area contributed by atoms with E-state index in [1.54, 1.807) is 24.4 Å². The van der Waals surface area contributed by atoms with Crippen molar-refractivity contribution in [2.45, 2.75) is 25.2 Å². The molecule has 1 aromatic heterocycles. The molecule has 5 rings (SSSR count). The molecule has 2 aliphatic heterocycles. The number of fused-ring (bicyclic) bond motifs is 1. The summed E-state index contributed by atoms with van der Waals surface area (Å²) >= 11 is 0. The number of rotatable bonds is 5. The van der Waals surface area contributed by atoms with Gasteiger partial charge < -0.3 is 21.3 Å². The predicted molar refractivity (Wildman–Crippen MR) is 118 cm³/mol. The monoisotopic (exact) mass is 405 g/mol. The summed E-state index contributed by atoms with van der Waals surface area (Å²) in [5.74, 6) is 1.05. The summed E-state index contributed by atoms with van der Waals surface area (Å²) in [6, 6.07) is 16.9. The quantitative estimate of drug-likeness (QED) is 0.515. The molecule has 2 aliphatic rings. The van der Waals surface area contributed by atoms with Crippen LogP contribution < -0.4 is 26.2 Å². The fourth-order valence-corrected chi connectivity index (χ4v) is 3.90. The number of para-hydroxylation sites is 2. The first-order chi connectivity index (χ1) is 14.8. The van der Waals surface area contributed by atoms with Gasteiger partial charge in [0.15, 0.2) is 12.1 Å². The molecule has 2 aromatic carbocycles. The van der Waals surface area contributed by atoms with Crippen LogP contribution in [0, 0.1) is 5.82 Å². The summed E-state index contributed by atoms with van der Waals surface area (Å²) in [6.07, 6.45) is 3.46. The smallest absolute Gasteiger partial charge is 0.224 e. The Balaban J connectivity index is 1.46. The van der Waals surface area contributed by atoms with E-state index < -0.39 is 6.29 Å². The van der Waals surface area contributed by atoms with Gasteiger partial charge in [-0.3, -0.25) is 4.90 Å². The van der Waals surface area contributed by atoms with Gasteiger partial charge in [0.1, 0.15) is 5.82 Å². The maximum Gasteiger partial charge on any atom is 0.224 e. The molecule has 1 unspecified atom stereocenters. The minimum Gasteiger partial charge on any atom is -0.351 e. The van der Waals surface area contributed by atoms with Crippen LogP contribution in [0.1, 0.15) is 12.8 Å². The Labute approximate surface area is 174 Å². The third kappa shape index (κ3) is 3.73. The third-order valence-electron chi connectivity index (χ3n) is 5.42. The second-order valence-electron chi connectivity index (χ2n) is 7.48. The SMILES string of the molecule is Fc1ccccc1NC1Nc2cnc(NC3CCNCC3)nc2N1c1ccccc1. The molecule has 154 valence electrons. The molecule has 1 atom stereocenters. The van der Waals surface area contributed by atoms with Gasteiger partial charge >= 0.3 is 0 Å². The first-order valence-electron chi connectivity index (χ1n) is 10.2. The zero-order chi connectivity index (χ0) is 20.3. The van der Waals surface area contributed by atoms with Gasteiger partial charge in [0.25, 0.3) is 0 Å². The van der Waals surface area contributed by atoms with Gasteiger partial charge in [-0.05, 0) is 50.2 Å². The van der Waals surface area contributed by atoms with Gasteiger partial charge in [-0.25, -0.2) is 9.37 Å². The van der Waals surface area contributed by atoms with E-state index >= 15 is 0 Å². The maximum atomic E-state index is 14.3. The number of anilines is 5. The fraction of sp³-hybridized carbons (Fsp3) is 0.273. The minimum absolute atomic E-state index is 0.303. The van der Waals surface area contributed by atoms with Gasteiger partial charge in [-0.2, -0.15) is 4.98 Å². The molecular weight excluding hydrogens is 381 g/mol. The van der Waals surface area contributed by atoms with Gasteiger partial charge in [-0.15, -0.1) is 0 Å². The number of aromatic nitrogens is 2. The van der Waals surface area contributed by atoms with Crippen molar-refractivity contribution in [2.24, 2.45) is 0 Å². The van der Waals surface area contributed by atoms with Crippen molar-refractivity contribution in [2.75, 3.05) is 33.9 Å². The molecule has 0 bridgehead atoms. The standard InChI is InChI=1S/C22H24FN7/c23-17-8-4-5-9-18(17)27-22-28-19-14-25-21(26-15-10-12-24-13-11-15)29-20(19)30(22)16-6-2-1-3-7-16/h1-9,14-15,22,24,27-28H,10-13H2,(H,25,26,29). The minimum atomic E-state index is -0.400. The molecule has 0 spiro atoms. The molecule has 8 heteroatoms. The average Bonchev–Trinajstić information content (AvgIpc) is 3.14. The van der Waals surface area contributed by atoms with Gasteiger partial charge in [0.2, 0.25) is 5.95 Å². The van der Waals surface area contributed by atoms with Crippen LogP contribution in [0.4, 0.5) is 33.2 Å². The number of piperidine rings is 1. The van der Waals surface area contributed by atoms with E-state index in [2.05, 4.69) is 26.3 Å². The summed E-state index contributed by atoms with van der Waals surface area (Å²) in [6.45, 7) is 1.99. The molecule has 1 fully saturated rings. The molecule has 1 saturated heterocycles. The number of benzene rings is 2. The van der Waals surface area contributed by atoms with E-state index in [0.717, 1.165) is 43.1 Å². The van der Waals surface area contributed by atoms with Gasteiger partial charge in [0, 0.05) is 11.7 Å². The number of nitrogens with zero attached hydrogens (tertiary/aromatic N) is 3. The van der Waals surface area contributed by atoms with Crippen molar-refractivity contribution in [3.63, 3.8) is 0 Å². The highest BCUT2D eigenvalue weighted by Crippen LogP contribution is 2.39. The van der Waals surface area contributed by atoms with E-state index in [1.807, 2.05) is 35.2 Å². The lowest BCUT2D eigenvalue weighted by Gasteiger charge is -2.28. The van der Waals surface area contributed by atoms with E-state index in [-0.39, 0.29) is 5.82 Å². The Kier molecular flexibility index (Phi) is 5.06. The lowest BCUT2D eigenvalue weighted by molar-refractivity contribution is 0.477. The number of nitrogens with one attached hydrogen (secondary N) is 4. The van der Waals surface area contributed by atoms with Crippen molar-refractivity contribution in [1.29, 1.82) is 0 Å². The number of hydrogen-bond acceptors (Lipinski definition) is 7. The van der Waals surface area contributed by atoms with Crippen LogP contribution in [0.25, 0.3) is 0 Å².